The molecule has 0 radical (unpaired) electrons. The molecule has 0 unspecified atom stereocenters. The molecule has 27 heavy (non-hydrogen) atoms. The summed E-state index contributed by atoms with van der Waals surface area (Å²) in [6, 6.07) is 25.4. The minimum atomic E-state index is -0.0709. The van der Waals surface area contributed by atoms with Crippen molar-refractivity contribution in [3.05, 3.63) is 95.3 Å². The van der Waals surface area contributed by atoms with Crippen molar-refractivity contribution in [3.63, 3.8) is 0 Å². The van der Waals surface area contributed by atoms with E-state index in [0.717, 1.165) is 38.3 Å². The number of benzene rings is 3. The van der Waals surface area contributed by atoms with Crippen molar-refractivity contribution in [2.24, 2.45) is 0 Å². The number of hydrogen-bond donors (Lipinski definition) is 2. The van der Waals surface area contributed by atoms with Crippen LogP contribution in [0.5, 0.6) is 0 Å². The molecule has 0 bridgehead atoms. The Bertz CT molecular complexity index is 914. The van der Waals surface area contributed by atoms with Gasteiger partial charge in [-0.2, -0.15) is 0 Å². The molecule has 136 valence electrons. The quantitative estimate of drug-likeness (QED) is 0.706. The highest BCUT2D eigenvalue weighted by Crippen LogP contribution is 2.41. The van der Waals surface area contributed by atoms with E-state index in [1.165, 1.54) is 27.2 Å². The van der Waals surface area contributed by atoms with E-state index < -0.39 is 0 Å². The lowest BCUT2D eigenvalue weighted by Crippen LogP contribution is -3.27. The molecule has 0 aromatic heterocycles. The van der Waals surface area contributed by atoms with E-state index in [4.69, 9.17) is 0 Å². The van der Waals surface area contributed by atoms with Crippen LogP contribution in [0, 0.1) is 5.82 Å². The summed E-state index contributed by atoms with van der Waals surface area (Å²) >= 11 is 0. The molecule has 0 spiro atoms. The van der Waals surface area contributed by atoms with Gasteiger partial charge in [0.2, 0.25) is 0 Å². The summed E-state index contributed by atoms with van der Waals surface area (Å²) in [7, 11) is 0. The number of halogens is 1. The van der Waals surface area contributed by atoms with Crippen LogP contribution < -0.4 is 9.80 Å². The molecule has 1 fully saturated rings. The number of nitrogens with one attached hydrogen (secondary N) is 2. The predicted octanol–water partition coefficient (Wildman–Crippen LogP) is 1.88. The Morgan fingerprint density at radius 1 is 0.704 bits per heavy atom. The first-order valence-electron chi connectivity index (χ1n) is 9.91. The second-order valence-electron chi connectivity index (χ2n) is 7.78. The van der Waals surface area contributed by atoms with Crippen LogP contribution >= 0.6 is 0 Å². The van der Waals surface area contributed by atoms with E-state index >= 15 is 0 Å². The molecule has 3 heteroatoms. The fourth-order valence-electron chi connectivity index (χ4n) is 4.90. The van der Waals surface area contributed by atoms with Crippen LogP contribution in [0.25, 0.3) is 11.1 Å². The minimum Gasteiger partial charge on any atom is -0.322 e. The van der Waals surface area contributed by atoms with Gasteiger partial charge in [0, 0.05) is 16.7 Å². The van der Waals surface area contributed by atoms with E-state index in [1.54, 1.807) is 17.0 Å². The lowest BCUT2D eigenvalue weighted by atomic mass is 10.0. The van der Waals surface area contributed by atoms with Crippen molar-refractivity contribution in [3.8, 4) is 11.1 Å². The number of fused-ring (bicyclic) bond motifs is 3. The molecule has 1 aliphatic heterocycles. The molecular weight excluding hydrogens is 335 g/mol. The first-order chi connectivity index (χ1) is 13.3. The van der Waals surface area contributed by atoms with Gasteiger partial charge in [-0.1, -0.05) is 66.7 Å². The number of hydrogen-bond acceptors (Lipinski definition) is 0. The molecule has 1 heterocycles. The Labute approximate surface area is 159 Å². The second kappa shape index (κ2) is 6.91. The van der Waals surface area contributed by atoms with E-state index in [9.17, 15) is 4.39 Å². The zero-order valence-electron chi connectivity index (χ0n) is 15.4. The highest BCUT2D eigenvalue weighted by atomic mass is 19.1. The van der Waals surface area contributed by atoms with E-state index in [1.807, 2.05) is 12.1 Å². The maximum absolute atomic E-state index is 14.0. The van der Waals surface area contributed by atoms with E-state index in [-0.39, 0.29) is 5.82 Å². The van der Waals surface area contributed by atoms with Crippen LogP contribution in [0.4, 0.5) is 4.39 Å². The molecule has 0 amide bonds. The largest absolute Gasteiger partial charge is 0.322 e. The monoisotopic (exact) mass is 360 g/mol. The average Bonchev–Trinajstić information content (AvgIpc) is 3.05. The SMILES string of the molecule is Fc1ccccc1C[NH+]1CC[NH+](C2c3ccccc3-c3ccccc32)CC1. The molecule has 2 nitrogen and oxygen atoms in total. The first kappa shape index (κ1) is 16.7. The maximum atomic E-state index is 14.0. The van der Waals surface area contributed by atoms with Gasteiger partial charge in [-0.05, 0) is 17.2 Å². The van der Waals surface area contributed by atoms with Gasteiger partial charge in [0.25, 0.3) is 0 Å². The Balaban J connectivity index is 1.35. The van der Waals surface area contributed by atoms with Gasteiger partial charge >= 0.3 is 0 Å². The highest BCUT2D eigenvalue weighted by molar-refractivity contribution is 5.77. The third-order valence-electron chi connectivity index (χ3n) is 6.24. The third kappa shape index (κ3) is 2.97. The van der Waals surface area contributed by atoms with Crippen molar-refractivity contribution < 1.29 is 14.2 Å². The molecule has 3 aromatic carbocycles. The van der Waals surface area contributed by atoms with Gasteiger partial charge < -0.3 is 9.80 Å². The fraction of sp³-hybridized carbons (Fsp3) is 0.250. The van der Waals surface area contributed by atoms with Crippen molar-refractivity contribution in [1.29, 1.82) is 0 Å². The summed E-state index contributed by atoms with van der Waals surface area (Å²) in [6.45, 7) is 5.21. The standard InChI is InChI=1S/C24H23FN2/c25-23-12-6-1-7-18(23)17-26-13-15-27(16-14-26)24-21-10-4-2-8-19(21)20-9-3-5-11-22(20)24/h1-12,24H,13-17H2/p+2. The van der Waals surface area contributed by atoms with Crippen LogP contribution in [-0.4, -0.2) is 26.2 Å². The van der Waals surface area contributed by atoms with Crippen LogP contribution in [0.2, 0.25) is 0 Å². The number of rotatable bonds is 3. The van der Waals surface area contributed by atoms with Gasteiger partial charge in [-0.3, -0.25) is 0 Å². The Kier molecular flexibility index (Phi) is 4.27. The van der Waals surface area contributed by atoms with E-state index in [2.05, 4.69) is 48.5 Å². The fourth-order valence-corrected chi connectivity index (χ4v) is 4.90. The number of quaternary nitrogens is 2. The lowest BCUT2D eigenvalue weighted by molar-refractivity contribution is -1.03. The van der Waals surface area contributed by atoms with Crippen molar-refractivity contribution in [2.75, 3.05) is 26.2 Å². The van der Waals surface area contributed by atoms with Crippen LogP contribution in [-0.2, 0) is 6.54 Å². The zero-order valence-corrected chi connectivity index (χ0v) is 15.4. The Morgan fingerprint density at radius 2 is 1.26 bits per heavy atom. The Morgan fingerprint density at radius 3 is 1.89 bits per heavy atom. The van der Waals surface area contributed by atoms with Crippen LogP contribution in [0.15, 0.2) is 72.8 Å². The maximum Gasteiger partial charge on any atom is 0.140 e. The molecular formula is C24H25FN2+2. The van der Waals surface area contributed by atoms with Crippen LogP contribution in [0.3, 0.4) is 0 Å². The first-order valence-corrected chi connectivity index (χ1v) is 9.91. The minimum absolute atomic E-state index is 0.0709. The summed E-state index contributed by atoms with van der Waals surface area (Å²) in [5.41, 5.74) is 6.56. The van der Waals surface area contributed by atoms with Crippen molar-refractivity contribution >= 4 is 0 Å². The summed E-state index contributed by atoms with van der Waals surface area (Å²) < 4.78 is 14.0. The predicted molar refractivity (Wildman–Crippen MR) is 105 cm³/mol. The van der Waals surface area contributed by atoms with Crippen molar-refractivity contribution in [2.45, 2.75) is 12.6 Å². The number of piperazine rings is 1. The normalized spacial score (nSPS) is 21.7. The van der Waals surface area contributed by atoms with Crippen molar-refractivity contribution in [1.82, 2.24) is 0 Å². The zero-order chi connectivity index (χ0) is 18.2. The smallest absolute Gasteiger partial charge is 0.140 e. The molecule has 0 saturated carbocycles. The topological polar surface area (TPSA) is 8.88 Å². The highest BCUT2D eigenvalue weighted by Gasteiger charge is 2.38. The molecule has 3 aromatic rings. The molecule has 0 atom stereocenters. The van der Waals surface area contributed by atoms with Gasteiger partial charge in [0.05, 0.1) is 0 Å². The van der Waals surface area contributed by atoms with Gasteiger partial charge in [-0.15, -0.1) is 0 Å². The summed E-state index contributed by atoms with van der Waals surface area (Å²) in [5, 5.41) is 0. The van der Waals surface area contributed by atoms with E-state index in [0.29, 0.717) is 6.04 Å². The third-order valence-corrected chi connectivity index (χ3v) is 6.24. The molecule has 1 saturated heterocycles. The molecule has 2 aliphatic rings. The average molecular weight is 360 g/mol. The second-order valence-corrected chi connectivity index (χ2v) is 7.78. The molecule has 1 aliphatic carbocycles. The summed E-state index contributed by atoms with van der Waals surface area (Å²) in [6.07, 6.45) is 0. The molecule has 2 N–H and O–H groups in total. The molecule has 5 rings (SSSR count). The summed E-state index contributed by atoms with van der Waals surface area (Å²) in [5.74, 6) is -0.0709. The van der Waals surface area contributed by atoms with Crippen LogP contribution in [0.1, 0.15) is 22.7 Å². The summed E-state index contributed by atoms with van der Waals surface area (Å²) in [4.78, 5) is 3.13. The van der Waals surface area contributed by atoms with Gasteiger partial charge in [-0.25, -0.2) is 4.39 Å². The Hall–Kier alpha value is -2.49. The lowest BCUT2D eigenvalue weighted by Gasteiger charge is -2.34. The van der Waals surface area contributed by atoms with Gasteiger partial charge in [0.1, 0.15) is 44.6 Å². The van der Waals surface area contributed by atoms with Gasteiger partial charge in [0.15, 0.2) is 0 Å².